The summed E-state index contributed by atoms with van der Waals surface area (Å²) in [5.74, 6) is 0.781. The van der Waals surface area contributed by atoms with Crippen LogP contribution in [0, 0.1) is 0 Å². The van der Waals surface area contributed by atoms with E-state index in [1.54, 1.807) is 12.1 Å². The SMILES string of the molecule is CC(=O)Nc1ccc(SCC(=O)Nc2ccc(C(C)C)cc2)nn1. The number of anilines is 2. The number of hydrogen-bond acceptors (Lipinski definition) is 5. The van der Waals surface area contributed by atoms with Crippen LogP contribution in [0.4, 0.5) is 11.5 Å². The van der Waals surface area contributed by atoms with Crippen molar-refractivity contribution in [3.63, 3.8) is 0 Å². The molecule has 7 heteroatoms. The lowest BCUT2D eigenvalue weighted by Gasteiger charge is -2.08. The summed E-state index contributed by atoms with van der Waals surface area (Å²) in [5, 5.41) is 13.8. The fraction of sp³-hybridized carbons (Fsp3) is 0.294. The van der Waals surface area contributed by atoms with E-state index in [2.05, 4.69) is 34.7 Å². The first-order valence-electron chi connectivity index (χ1n) is 7.58. The molecule has 6 nitrogen and oxygen atoms in total. The van der Waals surface area contributed by atoms with E-state index in [0.29, 0.717) is 16.8 Å². The molecule has 1 heterocycles. The molecular weight excluding hydrogens is 324 g/mol. The van der Waals surface area contributed by atoms with Gasteiger partial charge < -0.3 is 10.6 Å². The summed E-state index contributed by atoms with van der Waals surface area (Å²) in [6, 6.07) is 11.2. The molecule has 2 N–H and O–H groups in total. The lowest BCUT2D eigenvalue weighted by molar-refractivity contribution is -0.114. The summed E-state index contributed by atoms with van der Waals surface area (Å²) < 4.78 is 0. The van der Waals surface area contributed by atoms with E-state index in [0.717, 1.165) is 5.69 Å². The Bertz CT molecular complexity index is 700. The molecule has 0 saturated heterocycles. The van der Waals surface area contributed by atoms with Crippen LogP contribution < -0.4 is 10.6 Å². The third-order valence-corrected chi connectivity index (χ3v) is 4.08. The van der Waals surface area contributed by atoms with Gasteiger partial charge in [-0.1, -0.05) is 37.7 Å². The highest BCUT2D eigenvalue weighted by Gasteiger charge is 2.06. The molecule has 0 saturated carbocycles. The lowest BCUT2D eigenvalue weighted by Crippen LogP contribution is -2.14. The van der Waals surface area contributed by atoms with Crippen molar-refractivity contribution < 1.29 is 9.59 Å². The van der Waals surface area contributed by atoms with Gasteiger partial charge in [0, 0.05) is 12.6 Å². The number of amides is 2. The van der Waals surface area contributed by atoms with E-state index < -0.39 is 0 Å². The van der Waals surface area contributed by atoms with Gasteiger partial charge in [0.25, 0.3) is 0 Å². The highest BCUT2D eigenvalue weighted by molar-refractivity contribution is 7.99. The van der Waals surface area contributed by atoms with E-state index >= 15 is 0 Å². The van der Waals surface area contributed by atoms with Crippen molar-refractivity contribution in [2.24, 2.45) is 0 Å². The minimum atomic E-state index is -0.201. The largest absolute Gasteiger partial charge is 0.325 e. The molecule has 1 aromatic carbocycles. The molecule has 2 aromatic rings. The summed E-state index contributed by atoms with van der Waals surface area (Å²) in [7, 11) is 0. The standard InChI is InChI=1S/C17H20N4O2S/c1-11(2)13-4-6-14(7-5-13)19-16(23)10-24-17-9-8-15(20-21-17)18-12(3)22/h4-9,11H,10H2,1-3H3,(H,19,23)(H,18,20,22). The maximum Gasteiger partial charge on any atom is 0.234 e. The molecule has 0 unspecified atom stereocenters. The molecule has 0 spiro atoms. The lowest BCUT2D eigenvalue weighted by atomic mass is 10.0. The predicted molar refractivity (Wildman–Crippen MR) is 96.2 cm³/mol. The number of nitrogens with one attached hydrogen (secondary N) is 2. The zero-order chi connectivity index (χ0) is 17.5. The van der Waals surface area contributed by atoms with Gasteiger partial charge in [0.1, 0.15) is 5.03 Å². The normalized spacial score (nSPS) is 10.5. The van der Waals surface area contributed by atoms with Gasteiger partial charge in [-0.3, -0.25) is 9.59 Å². The van der Waals surface area contributed by atoms with E-state index in [-0.39, 0.29) is 17.6 Å². The molecule has 0 aliphatic carbocycles. The third-order valence-electron chi connectivity index (χ3n) is 3.16. The predicted octanol–water partition coefficient (Wildman–Crippen LogP) is 3.29. The highest BCUT2D eigenvalue weighted by Crippen LogP contribution is 2.19. The molecule has 0 atom stereocenters. The zero-order valence-corrected chi connectivity index (χ0v) is 14.7. The number of hydrogen-bond donors (Lipinski definition) is 2. The number of carbonyl (C=O) groups is 2. The Hall–Kier alpha value is -2.41. The maximum absolute atomic E-state index is 12.0. The molecule has 0 bridgehead atoms. The summed E-state index contributed by atoms with van der Waals surface area (Å²) in [6.45, 7) is 5.66. The fourth-order valence-corrected chi connectivity index (χ4v) is 2.55. The van der Waals surface area contributed by atoms with E-state index in [1.165, 1.54) is 24.2 Å². The average Bonchev–Trinajstić information content (AvgIpc) is 2.54. The van der Waals surface area contributed by atoms with Crippen molar-refractivity contribution in [2.45, 2.75) is 31.7 Å². The molecular formula is C17H20N4O2S. The van der Waals surface area contributed by atoms with Crippen molar-refractivity contribution in [1.29, 1.82) is 0 Å². The van der Waals surface area contributed by atoms with E-state index in [9.17, 15) is 9.59 Å². The molecule has 2 amide bonds. The van der Waals surface area contributed by atoms with Gasteiger partial charge in [0.05, 0.1) is 5.75 Å². The van der Waals surface area contributed by atoms with Crippen LogP contribution in [-0.2, 0) is 9.59 Å². The van der Waals surface area contributed by atoms with E-state index in [1.807, 2.05) is 24.3 Å². The Labute approximate surface area is 145 Å². The van der Waals surface area contributed by atoms with Gasteiger partial charge >= 0.3 is 0 Å². The van der Waals surface area contributed by atoms with Gasteiger partial charge in [-0.05, 0) is 35.7 Å². The van der Waals surface area contributed by atoms with Crippen LogP contribution in [0.15, 0.2) is 41.4 Å². The minimum Gasteiger partial charge on any atom is -0.325 e. The third kappa shape index (κ3) is 5.66. The summed E-state index contributed by atoms with van der Waals surface area (Å²) in [4.78, 5) is 22.9. The Morgan fingerprint density at radius 2 is 1.75 bits per heavy atom. The number of nitrogens with zero attached hydrogens (tertiary/aromatic N) is 2. The molecule has 0 aliphatic rings. The molecule has 0 fully saturated rings. The maximum atomic E-state index is 12.0. The second-order valence-corrected chi connectivity index (χ2v) is 6.55. The van der Waals surface area contributed by atoms with Gasteiger partial charge in [-0.25, -0.2) is 0 Å². The first kappa shape index (κ1) is 17.9. The monoisotopic (exact) mass is 344 g/mol. The first-order valence-corrected chi connectivity index (χ1v) is 8.56. The number of aromatic nitrogens is 2. The first-order chi connectivity index (χ1) is 11.4. The Morgan fingerprint density at radius 3 is 2.29 bits per heavy atom. The van der Waals surface area contributed by atoms with Crippen molar-refractivity contribution >= 4 is 35.1 Å². The van der Waals surface area contributed by atoms with Crippen LogP contribution in [0.1, 0.15) is 32.3 Å². The van der Waals surface area contributed by atoms with Crippen molar-refractivity contribution in [3.8, 4) is 0 Å². The number of rotatable bonds is 6. The molecule has 126 valence electrons. The van der Waals surface area contributed by atoms with Crippen LogP contribution in [-0.4, -0.2) is 27.8 Å². The second-order valence-electron chi connectivity index (χ2n) is 5.55. The number of thioether (sulfide) groups is 1. The van der Waals surface area contributed by atoms with Crippen molar-refractivity contribution in [3.05, 3.63) is 42.0 Å². The second kappa shape index (κ2) is 8.44. The zero-order valence-electron chi connectivity index (χ0n) is 13.9. The minimum absolute atomic E-state index is 0.106. The van der Waals surface area contributed by atoms with Crippen molar-refractivity contribution in [1.82, 2.24) is 10.2 Å². The van der Waals surface area contributed by atoms with Crippen molar-refractivity contribution in [2.75, 3.05) is 16.4 Å². The highest BCUT2D eigenvalue weighted by atomic mass is 32.2. The molecule has 2 rings (SSSR count). The van der Waals surface area contributed by atoms with Gasteiger partial charge in [-0.2, -0.15) is 0 Å². The average molecular weight is 344 g/mol. The van der Waals surface area contributed by atoms with E-state index in [4.69, 9.17) is 0 Å². The van der Waals surface area contributed by atoms with Gasteiger partial charge in [-0.15, -0.1) is 10.2 Å². The number of benzene rings is 1. The fourth-order valence-electron chi connectivity index (χ4n) is 1.93. The van der Waals surface area contributed by atoms with Crippen LogP contribution >= 0.6 is 11.8 Å². The smallest absolute Gasteiger partial charge is 0.234 e. The Balaban J connectivity index is 1.83. The van der Waals surface area contributed by atoms with Crippen LogP contribution in [0.25, 0.3) is 0 Å². The summed E-state index contributed by atoms with van der Waals surface area (Å²) >= 11 is 1.29. The quantitative estimate of drug-likeness (QED) is 0.786. The van der Waals surface area contributed by atoms with Crippen LogP contribution in [0.2, 0.25) is 0 Å². The Morgan fingerprint density at radius 1 is 1.04 bits per heavy atom. The molecule has 1 aromatic heterocycles. The van der Waals surface area contributed by atoms with Gasteiger partial charge in [0.15, 0.2) is 5.82 Å². The molecule has 0 aliphatic heterocycles. The summed E-state index contributed by atoms with van der Waals surface area (Å²) in [6.07, 6.45) is 0. The topological polar surface area (TPSA) is 84.0 Å². The number of carbonyl (C=O) groups excluding carboxylic acids is 2. The van der Waals surface area contributed by atoms with Crippen LogP contribution in [0.3, 0.4) is 0 Å². The molecule has 24 heavy (non-hydrogen) atoms. The van der Waals surface area contributed by atoms with Crippen LogP contribution in [0.5, 0.6) is 0 Å². The summed E-state index contributed by atoms with van der Waals surface area (Å²) in [5.41, 5.74) is 2.01. The van der Waals surface area contributed by atoms with Gasteiger partial charge in [0.2, 0.25) is 11.8 Å². The molecule has 0 radical (unpaired) electrons. The Kier molecular flexibility index (Phi) is 6.31.